The molecule has 1 aromatic carbocycles. The number of hydrogen-bond donors (Lipinski definition) is 0. The molecule has 0 bridgehead atoms. The van der Waals surface area contributed by atoms with Crippen LogP contribution in [0.3, 0.4) is 0 Å². The number of allylic oxidation sites excluding steroid dienone is 3. The minimum absolute atomic E-state index is 0.161. The summed E-state index contributed by atoms with van der Waals surface area (Å²) < 4.78 is 7.06. The molecule has 3 saturated carbocycles. The number of fused-ring (bicyclic) bond motifs is 6. The van der Waals surface area contributed by atoms with Crippen LogP contribution in [0.1, 0.15) is 70.3 Å². The smallest absolute Gasteiger partial charge is 0.0800 e. The molecule has 0 unspecified atom stereocenters. The van der Waals surface area contributed by atoms with E-state index < -0.39 is 0 Å². The van der Waals surface area contributed by atoms with Gasteiger partial charge in [0.15, 0.2) is 0 Å². The number of thioether (sulfide) groups is 2. The lowest BCUT2D eigenvalue weighted by Crippen LogP contribution is -2.49. The first-order chi connectivity index (χ1) is 16.9. The van der Waals surface area contributed by atoms with E-state index in [1.807, 2.05) is 5.57 Å². The van der Waals surface area contributed by atoms with E-state index in [4.69, 9.17) is 4.74 Å². The van der Waals surface area contributed by atoms with Crippen molar-refractivity contribution in [3.05, 3.63) is 52.6 Å². The molecule has 0 amide bonds. The van der Waals surface area contributed by atoms with Crippen molar-refractivity contribution in [2.45, 2.75) is 74.4 Å². The highest BCUT2D eigenvalue weighted by atomic mass is 32.2. The molecule has 1 aromatic rings. The van der Waals surface area contributed by atoms with Gasteiger partial charge in [0.2, 0.25) is 0 Å². The molecule has 2 nitrogen and oxygen atoms in total. The molecule has 7 rings (SSSR count). The van der Waals surface area contributed by atoms with Gasteiger partial charge in [0.1, 0.15) is 0 Å². The molecule has 0 radical (unpaired) electrons. The van der Waals surface area contributed by atoms with E-state index in [0.717, 1.165) is 24.4 Å². The van der Waals surface area contributed by atoms with Crippen molar-refractivity contribution < 1.29 is 4.74 Å². The number of nitrogens with zero attached hydrogens (tertiary/aromatic N) is 1. The predicted molar refractivity (Wildman–Crippen MR) is 152 cm³/mol. The molecular weight excluding hydrogens is 466 g/mol. The maximum Gasteiger partial charge on any atom is 0.0800 e. The van der Waals surface area contributed by atoms with Crippen molar-refractivity contribution in [2.75, 3.05) is 37.1 Å². The standard InChI is InChI=1S/C31H41NOS2/c1-5-33-31-18-22(31)16-27-25-11-8-21-17-30(34-14-15-35-30)13-12-24(21)28(25)26(19-29(27,31)2)20-6-9-23(10-7-20)32(3)4/h6-7,9-10,17,22,25-27H,5,8,11-16,18-19H2,1-4H3/t22-,25-,26+,27-,29-,31-/m0/s1. The molecule has 6 atom stereocenters. The highest BCUT2D eigenvalue weighted by Gasteiger charge is 2.75. The number of anilines is 1. The Hall–Kier alpha value is -0.840. The van der Waals surface area contributed by atoms with Gasteiger partial charge < -0.3 is 9.64 Å². The first kappa shape index (κ1) is 23.3. The maximum absolute atomic E-state index is 6.68. The average Bonchev–Trinajstić information content (AvgIpc) is 3.28. The van der Waals surface area contributed by atoms with Crippen LogP contribution in [0.25, 0.3) is 0 Å². The summed E-state index contributed by atoms with van der Waals surface area (Å²) in [6.45, 7) is 5.71. The van der Waals surface area contributed by atoms with Crippen LogP contribution in [-0.4, -0.2) is 41.9 Å². The molecule has 35 heavy (non-hydrogen) atoms. The van der Waals surface area contributed by atoms with Gasteiger partial charge in [0.25, 0.3) is 0 Å². The van der Waals surface area contributed by atoms with Crippen LogP contribution in [0.2, 0.25) is 0 Å². The van der Waals surface area contributed by atoms with E-state index in [1.165, 1.54) is 62.1 Å². The van der Waals surface area contributed by atoms with Crippen molar-refractivity contribution >= 4 is 29.2 Å². The zero-order valence-electron chi connectivity index (χ0n) is 21.9. The number of ether oxygens (including phenoxy) is 1. The lowest BCUT2D eigenvalue weighted by atomic mass is 9.51. The van der Waals surface area contributed by atoms with E-state index in [2.05, 4.69) is 86.7 Å². The third-order valence-electron chi connectivity index (χ3n) is 10.8. The molecule has 4 heteroatoms. The monoisotopic (exact) mass is 507 g/mol. The van der Waals surface area contributed by atoms with E-state index in [0.29, 0.717) is 15.4 Å². The van der Waals surface area contributed by atoms with Crippen LogP contribution in [-0.2, 0) is 4.74 Å². The molecule has 1 saturated heterocycles. The van der Waals surface area contributed by atoms with Crippen molar-refractivity contribution in [3.8, 4) is 0 Å². The van der Waals surface area contributed by atoms with Gasteiger partial charge >= 0.3 is 0 Å². The van der Waals surface area contributed by atoms with Gasteiger partial charge in [0, 0.05) is 49.2 Å². The lowest BCUT2D eigenvalue weighted by Gasteiger charge is -2.54. The average molecular weight is 508 g/mol. The zero-order valence-corrected chi connectivity index (χ0v) is 23.6. The predicted octanol–water partition coefficient (Wildman–Crippen LogP) is 7.66. The Kier molecular flexibility index (Phi) is 5.37. The highest BCUT2D eigenvalue weighted by molar-refractivity contribution is 8.21. The molecule has 1 aliphatic heterocycles. The third-order valence-corrected chi connectivity index (χ3v) is 14.2. The summed E-state index contributed by atoms with van der Waals surface area (Å²) in [4.78, 5) is 2.22. The molecule has 5 aliphatic carbocycles. The molecule has 1 heterocycles. The molecule has 188 valence electrons. The second-order valence-corrected chi connectivity index (χ2v) is 15.6. The zero-order chi connectivity index (χ0) is 24.0. The van der Waals surface area contributed by atoms with Gasteiger partial charge in [-0.1, -0.05) is 30.7 Å². The largest absolute Gasteiger partial charge is 0.378 e. The van der Waals surface area contributed by atoms with E-state index >= 15 is 0 Å². The molecule has 6 aliphatic rings. The fraction of sp³-hybridized carbons (Fsp3) is 0.677. The van der Waals surface area contributed by atoms with Crippen LogP contribution in [0.15, 0.2) is 47.1 Å². The topological polar surface area (TPSA) is 12.5 Å². The van der Waals surface area contributed by atoms with Crippen molar-refractivity contribution in [3.63, 3.8) is 0 Å². The Morgan fingerprint density at radius 2 is 1.83 bits per heavy atom. The van der Waals surface area contributed by atoms with Crippen LogP contribution >= 0.6 is 23.5 Å². The van der Waals surface area contributed by atoms with Gasteiger partial charge in [0.05, 0.1) is 9.68 Å². The van der Waals surface area contributed by atoms with Crippen molar-refractivity contribution in [1.82, 2.24) is 0 Å². The summed E-state index contributed by atoms with van der Waals surface area (Å²) in [6, 6.07) is 9.59. The second-order valence-electron chi connectivity index (χ2n) is 12.5. The van der Waals surface area contributed by atoms with Gasteiger partial charge in [-0.3, -0.25) is 0 Å². The highest BCUT2D eigenvalue weighted by Crippen LogP contribution is 2.77. The fourth-order valence-electron chi connectivity index (χ4n) is 9.24. The van der Waals surface area contributed by atoms with E-state index in [9.17, 15) is 0 Å². The van der Waals surface area contributed by atoms with Gasteiger partial charge in [-0.05, 0) is 98.5 Å². The first-order valence-electron chi connectivity index (χ1n) is 14.0. The summed E-state index contributed by atoms with van der Waals surface area (Å²) >= 11 is 4.44. The maximum atomic E-state index is 6.68. The number of hydrogen-bond acceptors (Lipinski definition) is 4. The first-order valence-corrected chi connectivity index (χ1v) is 16.0. The Morgan fingerprint density at radius 3 is 2.54 bits per heavy atom. The molecular formula is C31H41NOS2. The molecule has 1 spiro atoms. The van der Waals surface area contributed by atoms with Crippen LogP contribution in [0.5, 0.6) is 0 Å². The summed E-state index contributed by atoms with van der Waals surface area (Å²) in [5.41, 5.74) is 8.69. The van der Waals surface area contributed by atoms with Gasteiger partial charge in [-0.2, -0.15) is 0 Å². The minimum atomic E-state index is 0.161. The Balaban J connectivity index is 1.35. The van der Waals surface area contributed by atoms with Crippen LogP contribution in [0, 0.1) is 23.2 Å². The van der Waals surface area contributed by atoms with Crippen LogP contribution in [0.4, 0.5) is 5.69 Å². The molecule has 0 aromatic heterocycles. The summed E-state index contributed by atoms with van der Waals surface area (Å²) in [7, 11) is 4.29. The van der Waals surface area contributed by atoms with Crippen molar-refractivity contribution in [1.29, 1.82) is 0 Å². The SMILES string of the molecule is CCO[C@@]12C[C@@H]1C[C@H]1[C@@H]3CCC4=CC5(CCC4=C3[C@@H](c3ccc(N(C)C)cc3)C[C@@]12C)SCCS5. The third kappa shape index (κ3) is 3.27. The van der Waals surface area contributed by atoms with E-state index in [1.54, 1.807) is 16.7 Å². The van der Waals surface area contributed by atoms with Gasteiger partial charge in [-0.25, -0.2) is 0 Å². The summed E-state index contributed by atoms with van der Waals surface area (Å²) in [5, 5.41) is 0. The van der Waals surface area contributed by atoms with E-state index in [-0.39, 0.29) is 5.60 Å². The quantitative estimate of drug-likeness (QED) is 0.414. The molecule has 0 N–H and O–H groups in total. The number of benzene rings is 1. The molecule has 4 fully saturated rings. The Labute approximate surface area is 220 Å². The second kappa shape index (κ2) is 8.08. The van der Waals surface area contributed by atoms with Crippen LogP contribution < -0.4 is 4.90 Å². The Morgan fingerprint density at radius 1 is 1.06 bits per heavy atom. The Bertz CT molecular complexity index is 1080. The normalized spacial score (nSPS) is 40.6. The number of rotatable bonds is 4. The summed E-state index contributed by atoms with van der Waals surface area (Å²) in [5.74, 6) is 5.56. The van der Waals surface area contributed by atoms with Gasteiger partial charge in [-0.15, -0.1) is 23.5 Å². The lowest BCUT2D eigenvalue weighted by molar-refractivity contribution is -0.0850. The fourth-order valence-corrected chi connectivity index (χ4v) is 12.4. The summed E-state index contributed by atoms with van der Waals surface area (Å²) in [6.07, 6.45) is 12.0. The van der Waals surface area contributed by atoms with Crippen molar-refractivity contribution in [2.24, 2.45) is 23.2 Å². The minimum Gasteiger partial charge on any atom is -0.378 e.